The van der Waals surface area contributed by atoms with Crippen LogP contribution in [0.1, 0.15) is 5.69 Å². The number of aromatic amines is 1. The highest BCUT2D eigenvalue weighted by Crippen LogP contribution is 2.30. The van der Waals surface area contributed by atoms with Crippen LogP contribution in [-0.4, -0.2) is 15.0 Å². The minimum atomic E-state index is 1.02. The molecular weight excluding hydrogens is 278 g/mol. The molecule has 0 aliphatic heterocycles. The summed E-state index contributed by atoms with van der Waals surface area (Å²) in [4.78, 5) is 12.1. The first kappa shape index (κ1) is 12.3. The molecule has 4 aromatic rings. The van der Waals surface area contributed by atoms with Crippen molar-refractivity contribution in [2.24, 2.45) is 0 Å². The minimum absolute atomic E-state index is 1.02. The molecule has 1 N–H and O–H groups in total. The molecule has 3 heterocycles. The summed E-state index contributed by atoms with van der Waals surface area (Å²) in [5, 5.41) is 4.36. The number of nitrogens with one attached hydrogen (secondary N) is 1. The molecule has 0 bridgehead atoms. The first-order valence-electron chi connectivity index (χ1n) is 6.75. The molecule has 0 saturated carbocycles. The highest BCUT2D eigenvalue weighted by Gasteiger charge is 2.07. The van der Waals surface area contributed by atoms with Gasteiger partial charge in [0.15, 0.2) is 0 Å². The number of H-pyrrole nitrogens is 1. The Balaban J connectivity index is 1.77. The van der Waals surface area contributed by atoms with Crippen LogP contribution in [0.3, 0.4) is 0 Å². The number of pyridine rings is 1. The molecule has 4 heteroatoms. The first-order chi connectivity index (χ1) is 10.3. The van der Waals surface area contributed by atoms with E-state index in [-0.39, 0.29) is 0 Å². The molecule has 102 valence electrons. The lowest BCUT2D eigenvalue weighted by Gasteiger charge is -1.97. The third kappa shape index (κ3) is 2.23. The maximum Gasteiger partial charge on any atom is 0.124 e. The van der Waals surface area contributed by atoms with Gasteiger partial charge in [0.25, 0.3) is 0 Å². The summed E-state index contributed by atoms with van der Waals surface area (Å²) in [7, 11) is 0. The molecule has 3 aromatic heterocycles. The van der Waals surface area contributed by atoms with Gasteiger partial charge in [-0.1, -0.05) is 6.07 Å². The molecule has 3 nitrogen and oxygen atoms in total. The van der Waals surface area contributed by atoms with Crippen molar-refractivity contribution in [1.29, 1.82) is 0 Å². The Bertz CT molecular complexity index is 906. The standard InChI is InChI=1S/C17H13N3S/c1-11-8-14-9-13(2-3-15(14)19-11)16-10-21-17(20-16)12-4-6-18-7-5-12/h2-10,19H,1H3. The third-order valence-electron chi connectivity index (χ3n) is 3.48. The van der Waals surface area contributed by atoms with Crippen molar-refractivity contribution in [3.8, 4) is 21.8 Å². The zero-order chi connectivity index (χ0) is 14.2. The van der Waals surface area contributed by atoms with Gasteiger partial charge in [-0.2, -0.15) is 0 Å². The van der Waals surface area contributed by atoms with E-state index in [0.717, 1.165) is 21.8 Å². The molecular formula is C17H13N3S. The predicted octanol–water partition coefficient (Wildman–Crippen LogP) is 4.66. The predicted molar refractivity (Wildman–Crippen MR) is 87.4 cm³/mol. The Morgan fingerprint density at radius 1 is 1.00 bits per heavy atom. The van der Waals surface area contributed by atoms with E-state index in [0.29, 0.717) is 0 Å². The molecule has 0 unspecified atom stereocenters. The van der Waals surface area contributed by atoms with E-state index in [4.69, 9.17) is 4.98 Å². The molecule has 4 rings (SSSR count). The average molecular weight is 291 g/mol. The molecule has 0 fully saturated rings. The summed E-state index contributed by atoms with van der Waals surface area (Å²) < 4.78 is 0. The smallest absolute Gasteiger partial charge is 0.124 e. The van der Waals surface area contributed by atoms with Crippen LogP contribution >= 0.6 is 11.3 Å². The Kier molecular flexibility index (Phi) is 2.82. The molecule has 1 aromatic carbocycles. The van der Waals surface area contributed by atoms with E-state index in [1.165, 1.54) is 16.6 Å². The Hall–Kier alpha value is -2.46. The van der Waals surface area contributed by atoms with Crippen molar-refractivity contribution in [3.05, 3.63) is 59.9 Å². The SMILES string of the molecule is Cc1cc2cc(-c3csc(-c4ccncc4)n3)ccc2[nH]1. The van der Waals surface area contributed by atoms with Gasteiger partial charge in [0, 0.05) is 45.5 Å². The van der Waals surface area contributed by atoms with Crippen LogP contribution in [0.2, 0.25) is 0 Å². The second-order valence-electron chi connectivity index (χ2n) is 5.03. The van der Waals surface area contributed by atoms with E-state index >= 15 is 0 Å². The number of benzene rings is 1. The summed E-state index contributed by atoms with van der Waals surface area (Å²) in [5.41, 5.74) is 5.63. The van der Waals surface area contributed by atoms with Crippen LogP contribution in [0.25, 0.3) is 32.7 Å². The van der Waals surface area contributed by atoms with Gasteiger partial charge in [0.2, 0.25) is 0 Å². The van der Waals surface area contributed by atoms with Gasteiger partial charge >= 0.3 is 0 Å². The molecule has 0 radical (unpaired) electrons. The van der Waals surface area contributed by atoms with Gasteiger partial charge in [-0.25, -0.2) is 4.98 Å². The van der Waals surface area contributed by atoms with E-state index in [9.17, 15) is 0 Å². The zero-order valence-electron chi connectivity index (χ0n) is 11.5. The van der Waals surface area contributed by atoms with Crippen molar-refractivity contribution < 1.29 is 0 Å². The highest BCUT2D eigenvalue weighted by molar-refractivity contribution is 7.13. The molecule has 0 saturated heterocycles. The molecule has 0 aliphatic carbocycles. The maximum absolute atomic E-state index is 4.74. The van der Waals surface area contributed by atoms with Gasteiger partial charge in [0.1, 0.15) is 5.01 Å². The Morgan fingerprint density at radius 2 is 1.86 bits per heavy atom. The largest absolute Gasteiger partial charge is 0.359 e. The van der Waals surface area contributed by atoms with Gasteiger partial charge in [-0.05, 0) is 37.3 Å². The molecule has 0 aliphatic rings. The Morgan fingerprint density at radius 3 is 2.71 bits per heavy atom. The fourth-order valence-electron chi connectivity index (χ4n) is 2.47. The number of nitrogens with zero attached hydrogens (tertiary/aromatic N) is 2. The lowest BCUT2D eigenvalue weighted by Crippen LogP contribution is -1.80. The number of hydrogen-bond donors (Lipinski definition) is 1. The lowest BCUT2D eigenvalue weighted by atomic mass is 10.1. The lowest BCUT2D eigenvalue weighted by molar-refractivity contribution is 1.30. The summed E-state index contributed by atoms with van der Waals surface area (Å²) >= 11 is 1.66. The van der Waals surface area contributed by atoms with E-state index in [2.05, 4.69) is 46.5 Å². The first-order valence-corrected chi connectivity index (χ1v) is 7.63. The summed E-state index contributed by atoms with van der Waals surface area (Å²) in [6.45, 7) is 2.07. The third-order valence-corrected chi connectivity index (χ3v) is 4.37. The topological polar surface area (TPSA) is 41.6 Å². The number of thiazole rings is 1. The van der Waals surface area contributed by atoms with Crippen molar-refractivity contribution in [2.75, 3.05) is 0 Å². The minimum Gasteiger partial charge on any atom is -0.359 e. The maximum atomic E-state index is 4.74. The summed E-state index contributed by atoms with van der Waals surface area (Å²) in [6.07, 6.45) is 3.59. The number of rotatable bonds is 2. The van der Waals surface area contributed by atoms with Crippen molar-refractivity contribution >= 4 is 22.2 Å². The van der Waals surface area contributed by atoms with Crippen LogP contribution in [0, 0.1) is 6.92 Å². The fraction of sp³-hybridized carbons (Fsp3) is 0.0588. The van der Waals surface area contributed by atoms with Crippen molar-refractivity contribution in [3.63, 3.8) is 0 Å². The zero-order valence-corrected chi connectivity index (χ0v) is 12.3. The number of hydrogen-bond acceptors (Lipinski definition) is 3. The fourth-order valence-corrected chi connectivity index (χ4v) is 3.31. The van der Waals surface area contributed by atoms with E-state index in [1.54, 1.807) is 23.7 Å². The number of fused-ring (bicyclic) bond motifs is 1. The van der Waals surface area contributed by atoms with Crippen LogP contribution < -0.4 is 0 Å². The highest BCUT2D eigenvalue weighted by atomic mass is 32.1. The molecule has 21 heavy (non-hydrogen) atoms. The second kappa shape index (κ2) is 4.82. The van der Waals surface area contributed by atoms with Gasteiger partial charge in [0.05, 0.1) is 5.69 Å². The second-order valence-corrected chi connectivity index (χ2v) is 5.89. The Labute approximate surface area is 126 Å². The summed E-state index contributed by atoms with van der Waals surface area (Å²) in [5.74, 6) is 0. The van der Waals surface area contributed by atoms with E-state index < -0.39 is 0 Å². The van der Waals surface area contributed by atoms with Crippen LogP contribution in [0.4, 0.5) is 0 Å². The van der Waals surface area contributed by atoms with Crippen LogP contribution in [0.15, 0.2) is 54.2 Å². The average Bonchev–Trinajstić information content (AvgIpc) is 3.12. The van der Waals surface area contributed by atoms with Crippen molar-refractivity contribution in [1.82, 2.24) is 15.0 Å². The normalized spacial score (nSPS) is 11.1. The monoisotopic (exact) mass is 291 g/mol. The molecule has 0 atom stereocenters. The van der Waals surface area contributed by atoms with Crippen LogP contribution in [-0.2, 0) is 0 Å². The van der Waals surface area contributed by atoms with Gasteiger partial charge in [-0.3, -0.25) is 4.98 Å². The van der Waals surface area contributed by atoms with Crippen molar-refractivity contribution in [2.45, 2.75) is 6.92 Å². The quantitative estimate of drug-likeness (QED) is 0.583. The van der Waals surface area contributed by atoms with Gasteiger partial charge in [-0.15, -0.1) is 11.3 Å². The molecule has 0 spiro atoms. The van der Waals surface area contributed by atoms with E-state index in [1.807, 2.05) is 12.1 Å². The van der Waals surface area contributed by atoms with Crippen LogP contribution in [0.5, 0.6) is 0 Å². The van der Waals surface area contributed by atoms with Gasteiger partial charge < -0.3 is 4.98 Å². The summed E-state index contributed by atoms with van der Waals surface area (Å²) in [6, 6.07) is 12.6. The molecule has 0 amide bonds. The number of aromatic nitrogens is 3. The number of aryl methyl sites for hydroxylation is 1.